The minimum absolute atomic E-state index is 0.0944. The summed E-state index contributed by atoms with van der Waals surface area (Å²) in [5.41, 5.74) is -0.412. The van der Waals surface area contributed by atoms with E-state index in [0.717, 1.165) is 24.8 Å². The van der Waals surface area contributed by atoms with Crippen molar-refractivity contribution in [1.82, 2.24) is 0 Å². The van der Waals surface area contributed by atoms with Crippen molar-refractivity contribution in [2.24, 2.45) is 5.41 Å². The molecule has 0 bridgehead atoms. The second-order valence-electron chi connectivity index (χ2n) is 6.48. The zero-order valence-corrected chi connectivity index (χ0v) is 14.3. The summed E-state index contributed by atoms with van der Waals surface area (Å²) in [4.78, 5) is 38.0. The SMILES string of the molecule is CCOC(=O)C1=C[C@H](c2ccccc2)[C@]2(CCCCCC2=O)C(=O)O1. The number of Topliss-reactive ketones (excluding diaryl/α,β-unsaturated/α-hetero) is 1. The number of esters is 2. The highest BCUT2D eigenvalue weighted by atomic mass is 16.6. The standard InChI is InChI=1S/C20H22O5/c1-2-24-18(22)16-13-15(14-9-5-3-6-10-14)20(19(23)25-16)12-8-4-7-11-17(20)21/h3,5-6,9-10,13,15H,2,4,7-8,11-12H2,1H3/t15-,20+/m1/s1. The number of benzene rings is 1. The van der Waals surface area contributed by atoms with E-state index in [-0.39, 0.29) is 18.1 Å². The number of cyclic esters (lactones) is 1. The molecule has 1 spiro atoms. The molecule has 0 radical (unpaired) electrons. The maximum Gasteiger partial charge on any atom is 0.374 e. The lowest BCUT2D eigenvalue weighted by Gasteiger charge is -2.38. The van der Waals surface area contributed by atoms with Crippen molar-refractivity contribution in [3.63, 3.8) is 0 Å². The Hall–Kier alpha value is -2.43. The van der Waals surface area contributed by atoms with Gasteiger partial charge in [0.2, 0.25) is 5.76 Å². The highest BCUT2D eigenvalue weighted by molar-refractivity contribution is 6.08. The van der Waals surface area contributed by atoms with Crippen molar-refractivity contribution in [3.8, 4) is 0 Å². The first-order chi connectivity index (χ1) is 12.1. The Kier molecular flexibility index (Phi) is 5.02. The van der Waals surface area contributed by atoms with Crippen LogP contribution in [-0.2, 0) is 23.9 Å². The quantitative estimate of drug-likeness (QED) is 0.623. The number of rotatable bonds is 3. The molecule has 0 N–H and O–H groups in total. The second kappa shape index (κ2) is 7.21. The van der Waals surface area contributed by atoms with Crippen molar-refractivity contribution in [3.05, 3.63) is 47.7 Å². The molecule has 25 heavy (non-hydrogen) atoms. The van der Waals surface area contributed by atoms with Gasteiger partial charge in [0.15, 0.2) is 5.78 Å². The zero-order valence-electron chi connectivity index (χ0n) is 14.3. The third kappa shape index (κ3) is 3.11. The van der Waals surface area contributed by atoms with Gasteiger partial charge in [-0.2, -0.15) is 0 Å². The number of carbonyl (C=O) groups excluding carboxylic acids is 3. The first kappa shape index (κ1) is 17.4. The van der Waals surface area contributed by atoms with Crippen LogP contribution >= 0.6 is 0 Å². The minimum Gasteiger partial charge on any atom is -0.460 e. The fourth-order valence-electron chi connectivity index (χ4n) is 3.77. The Labute approximate surface area is 147 Å². The van der Waals surface area contributed by atoms with Crippen LogP contribution in [0.15, 0.2) is 42.2 Å². The van der Waals surface area contributed by atoms with Crippen LogP contribution in [0.3, 0.4) is 0 Å². The molecule has 5 heteroatoms. The van der Waals surface area contributed by atoms with Gasteiger partial charge in [0.05, 0.1) is 6.61 Å². The van der Waals surface area contributed by atoms with Gasteiger partial charge in [0, 0.05) is 12.3 Å². The summed E-state index contributed by atoms with van der Waals surface area (Å²) in [5, 5.41) is 0. The molecule has 0 saturated heterocycles. The molecule has 0 unspecified atom stereocenters. The molecule has 1 aliphatic heterocycles. The third-order valence-corrected chi connectivity index (χ3v) is 5.02. The van der Waals surface area contributed by atoms with E-state index in [0.29, 0.717) is 12.8 Å². The summed E-state index contributed by atoms with van der Waals surface area (Å²) in [5.74, 6) is -2.03. The molecule has 5 nitrogen and oxygen atoms in total. The normalized spacial score (nSPS) is 26.6. The minimum atomic E-state index is -1.24. The molecular formula is C20H22O5. The molecule has 0 aromatic heterocycles. The Morgan fingerprint density at radius 2 is 1.96 bits per heavy atom. The predicted octanol–water partition coefficient (Wildman–Crippen LogP) is 3.29. The Balaban J connectivity index is 2.11. The van der Waals surface area contributed by atoms with Crippen LogP contribution in [0.1, 0.15) is 50.5 Å². The Morgan fingerprint density at radius 1 is 1.20 bits per heavy atom. The van der Waals surface area contributed by atoms with E-state index >= 15 is 0 Å². The van der Waals surface area contributed by atoms with Gasteiger partial charge < -0.3 is 9.47 Å². The van der Waals surface area contributed by atoms with Crippen LogP contribution in [0.4, 0.5) is 0 Å². The topological polar surface area (TPSA) is 69.7 Å². The van der Waals surface area contributed by atoms with Gasteiger partial charge in [0.25, 0.3) is 0 Å². The first-order valence-corrected chi connectivity index (χ1v) is 8.79. The van der Waals surface area contributed by atoms with E-state index in [2.05, 4.69) is 0 Å². The Bertz CT molecular complexity index is 706. The summed E-state index contributed by atoms with van der Waals surface area (Å²) in [7, 11) is 0. The van der Waals surface area contributed by atoms with Crippen molar-refractivity contribution in [2.45, 2.75) is 44.9 Å². The molecule has 2 aliphatic rings. The van der Waals surface area contributed by atoms with Crippen molar-refractivity contribution < 1.29 is 23.9 Å². The van der Waals surface area contributed by atoms with E-state index < -0.39 is 23.3 Å². The third-order valence-electron chi connectivity index (χ3n) is 5.02. The molecule has 1 fully saturated rings. The summed E-state index contributed by atoms with van der Waals surface area (Å²) >= 11 is 0. The van der Waals surface area contributed by atoms with Gasteiger partial charge >= 0.3 is 11.9 Å². The maximum absolute atomic E-state index is 12.9. The Morgan fingerprint density at radius 3 is 2.68 bits per heavy atom. The van der Waals surface area contributed by atoms with Crippen LogP contribution in [0.5, 0.6) is 0 Å². The molecule has 1 aromatic carbocycles. The van der Waals surface area contributed by atoms with E-state index in [1.165, 1.54) is 0 Å². The smallest absolute Gasteiger partial charge is 0.374 e. The van der Waals surface area contributed by atoms with Crippen LogP contribution in [-0.4, -0.2) is 24.3 Å². The van der Waals surface area contributed by atoms with Gasteiger partial charge in [-0.05, 0) is 31.4 Å². The zero-order chi connectivity index (χ0) is 17.9. The monoisotopic (exact) mass is 342 g/mol. The molecule has 132 valence electrons. The van der Waals surface area contributed by atoms with E-state index in [1.807, 2.05) is 30.3 Å². The molecule has 1 aliphatic carbocycles. The second-order valence-corrected chi connectivity index (χ2v) is 6.48. The van der Waals surface area contributed by atoms with E-state index in [4.69, 9.17) is 9.47 Å². The van der Waals surface area contributed by atoms with E-state index in [1.54, 1.807) is 13.0 Å². The fourth-order valence-corrected chi connectivity index (χ4v) is 3.77. The molecule has 3 rings (SSSR count). The summed E-state index contributed by atoms with van der Waals surface area (Å²) in [6, 6.07) is 9.36. The van der Waals surface area contributed by atoms with Crippen LogP contribution in [0.2, 0.25) is 0 Å². The number of carbonyl (C=O) groups is 3. The van der Waals surface area contributed by atoms with E-state index in [9.17, 15) is 14.4 Å². The van der Waals surface area contributed by atoms with Crippen molar-refractivity contribution >= 4 is 17.7 Å². The van der Waals surface area contributed by atoms with Gasteiger partial charge in [-0.1, -0.05) is 43.2 Å². The molecule has 1 heterocycles. The highest BCUT2D eigenvalue weighted by Gasteiger charge is 2.55. The lowest BCUT2D eigenvalue weighted by Crippen LogP contribution is -2.47. The van der Waals surface area contributed by atoms with Crippen LogP contribution < -0.4 is 0 Å². The largest absolute Gasteiger partial charge is 0.460 e. The van der Waals surface area contributed by atoms with Gasteiger partial charge in [-0.15, -0.1) is 0 Å². The summed E-state index contributed by atoms with van der Waals surface area (Å²) in [6.45, 7) is 1.88. The molecule has 2 atom stereocenters. The maximum atomic E-state index is 12.9. The lowest BCUT2D eigenvalue weighted by molar-refractivity contribution is -0.165. The summed E-state index contributed by atoms with van der Waals surface area (Å²) < 4.78 is 10.3. The number of hydrogen-bond donors (Lipinski definition) is 0. The summed E-state index contributed by atoms with van der Waals surface area (Å²) in [6.07, 6.45) is 4.88. The van der Waals surface area contributed by atoms with Crippen molar-refractivity contribution in [2.75, 3.05) is 6.61 Å². The average molecular weight is 342 g/mol. The van der Waals surface area contributed by atoms with Gasteiger partial charge in [0.1, 0.15) is 5.41 Å². The molecule has 1 saturated carbocycles. The van der Waals surface area contributed by atoms with Gasteiger partial charge in [-0.25, -0.2) is 4.79 Å². The average Bonchev–Trinajstić information content (AvgIpc) is 2.81. The molecular weight excluding hydrogens is 320 g/mol. The lowest BCUT2D eigenvalue weighted by atomic mass is 9.65. The number of hydrogen-bond acceptors (Lipinski definition) is 5. The highest BCUT2D eigenvalue weighted by Crippen LogP contribution is 2.49. The number of ketones is 1. The number of allylic oxidation sites excluding steroid dienone is 1. The predicted molar refractivity (Wildman–Crippen MR) is 90.5 cm³/mol. The van der Waals surface area contributed by atoms with Crippen LogP contribution in [0, 0.1) is 5.41 Å². The number of ether oxygens (including phenoxy) is 2. The van der Waals surface area contributed by atoms with Crippen LogP contribution in [0.25, 0.3) is 0 Å². The van der Waals surface area contributed by atoms with Crippen molar-refractivity contribution in [1.29, 1.82) is 0 Å². The van der Waals surface area contributed by atoms with Gasteiger partial charge in [-0.3, -0.25) is 9.59 Å². The molecule has 1 aromatic rings. The first-order valence-electron chi connectivity index (χ1n) is 8.79. The fraction of sp³-hybridized carbons (Fsp3) is 0.450. The molecule has 0 amide bonds.